The maximum absolute atomic E-state index is 10.8. The van der Waals surface area contributed by atoms with Gasteiger partial charge in [0.15, 0.2) is 0 Å². The predicted molar refractivity (Wildman–Crippen MR) is 129 cm³/mol. The summed E-state index contributed by atoms with van der Waals surface area (Å²) in [5.74, 6) is -0.820. The number of hydrogen-bond donors (Lipinski definition) is 2. The quantitative estimate of drug-likeness (QED) is 0.313. The van der Waals surface area contributed by atoms with Gasteiger partial charge in [-0.25, -0.2) is 0 Å². The molecule has 1 fully saturated rings. The number of nitrogens with zero attached hydrogens (tertiary/aromatic N) is 2. The summed E-state index contributed by atoms with van der Waals surface area (Å²) in [6.45, 7) is 2.23. The van der Waals surface area contributed by atoms with Crippen molar-refractivity contribution >= 4 is 12.0 Å². The van der Waals surface area contributed by atoms with Crippen LogP contribution in [0, 0.1) is 0 Å². The number of carboxylic acids is 1. The van der Waals surface area contributed by atoms with Crippen LogP contribution in [0.25, 0.3) is 17.2 Å². The smallest absolute Gasteiger partial charge is 0.303 e. The zero-order chi connectivity index (χ0) is 22.8. The van der Waals surface area contributed by atoms with Gasteiger partial charge in [-0.1, -0.05) is 56.9 Å². The monoisotopic (exact) mass is 438 g/mol. The van der Waals surface area contributed by atoms with Gasteiger partial charge in [0, 0.05) is 18.2 Å². The summed E-state index contributed by atoms with van der Waals surface area (Å²) < 4.78 is 2.08. The minimum absolute atomic E-state index is 0.0818. The molecule has 32 heavy (non-hydrogen) atoms. The second kappa shape index (κ2) is 12.6. The lowest BCUT2D eigenvalue weighted by atomic mass is 9.93. The van der Waals surface area contributed by atoms with E-state index in [4.69, 9.17) is 5.11 Å². The molecule has 2 N–H and O–H groups in total. The van der Waals surface area contributed by atoms with Gasteiger partial charge in [0.1, 0.15) is 0 Å². The highest BCUT2D eigenvalue weighted by Gasteiger charge is 2.20. The molecule has 1 aliphatic rings. The summed E-state index contributed by atoms with van der Waals surface area (Å²) in [4.78, 5) is 10.8. The maximum atomic E-state index is 10.8. The van der Waals surface area contributed by atoms with Crippen molar-refractivity contribution in [2.45, 2.75) is 96.1 Å². The Bertz CT molecular complexity index is 883. The lowest BCUT2D eigenvalue weighted by molar-refractivity contribution is -0.137. The number of carboxylic acid groups (broad SMARTS) is 1. The minimum Gasteiger partial charge on any atom is -0.481 e. The molecule has 1 heterocycles. The van der Waals surface area contributed by atoms with Gasteiger partial charge >= 0.3 is 5.97 Å². The van der Waals surface area contributed by atoms with Crippen LogP contribution in [0.4, 0.5) is 0 Å². The number of benzene rings is 1. The van der Waals surface area contributed by atoms with E-state index in [-0.39, 0.29) is 6.42 Å². The Balaban J connectivity index is 1.72. The Labute approximate surface area is 192 Å². The van der Waals surface area contributed by atoms with Gasteiger partial charge in [-0.3, -0.25) is 9.48 Å². The second-order valence-corrected chi connectivity index (χ2v) is 9.04. The molecule has 5 nitrogen and oxygen atoms in total. The molecule has 0 spiro atoms. The Morgan fingerprint density at radius 3 is 2.72 bits per heavy atom. The zero-order valence-corrected chi connectivity index (χ0v) is 19.4. The number of aliphatic hydroxyl groups excluding tert-OH is 1. The molecule has 1 unspecified atom stereocenters. The van der Waals surface area contributed by atoms with Crippen molar-refractivity contribution in [2.75, 3.05) is 0 Å². The van der Waals surface area contributed by atoms with Crippen molar-refractivity contribution in [1.82, 2.24) is 9.78 Å². The van der Waals surface area contributed by atoms with Gasteiger partial charge in [-0.15, -0.1) is 0 Å². The van der Waals surface area contributed by atoms with E-state index in [1.807, 2.05) is 18.3 Å². The minimum atomic E-state index is -0.820. The molecule has 0 bridgehead atoms. The van der Waals surface area contributed by atoms with Gasteiger partial charge in [0.25, 0.3) is 0 Å². The number of carbonyl (C=O) groups is 1. The van der Waals surface area contributed by atoms with E-state index in [2.05, 4.69) is 41.1 Å². The third kappa shape index (κ3) is 7.06. The van der Waals surface area contributed by atoms with Crippen LogP contribution in [0.2, 0.25) is 0 Å². The van der Waals surface area contributed by atoms with E-state index < -0.39 is 12.1 Å². The van der Waals surface area contributed by atoms with Crippen LogP contribution in [0.3, 0.4) is 0 Å². The van der Waals surface area contributed by atoms with E-state index in [0.29, 0.717) is 18.9 Å². The van der Waals surface area contributed by atoms with Crippen LogP contribution in [-0.4, -0.2) is 26.0 Å². The van der Waals surface area contributed by atoms with Crippen LogP contribution in [0.5, 0.6) is 0 Å². The molecule has 0 amide bonds. The fourth-order valence-corrected chi connectivity index (χ4v) is 4.22. The summed E-state index contributed by atoms with van der Waals surface area (Å²) in [7, 11) is 0. The van der Waals surface area contributed by atoms with E-state index in [0.717, 1.165) is 28.7 Å². The average molecular weight is 439 g/mol. The number of unbranched alkanes of at least 4 members (excludes halogenated alkanes) is 5. The van der Waals surface area contributed by atoms with Crippen LogP contribution in [0.15, 0.2) is 36.7 Å². The van der Waals surface area contributed by atoms with Crippen molar-refractivity contribution in [3.63, 3.8) is 0 Å². The molecule has 0 radical (unpaired) electrons. The fraction of sp³-hybridized carbons (Fsp3) is 0.556. The average Bonchev–Trinajstić information content (AvgIpc) is 3.20. The zero-order valence-electron chi connectivity index (χ0n) is 19.4. The molecular weight excluding hydrogens is 400 g/mol. The third-order valence-electron chi connectivity index (χ3n) is 6.47. The molecule has 1 aliphatic carbocycles. The van der Waals surface area contributed by atoms with Crippen LogP contribution in [-0.2, 0) is 4.79 Å². The van der Waals surface area contributed by atoms with Gasteiger partial charge < -0.3 is 10.2 Å². The van der Waals surface area contributed by atoms with E-state index in [1.54, 1.807) is 0 Å². The Morgan fingerprint density at radius 1 is 1.19 bits per heavy atom. The van der Waals surface area contributed by atoms with Gasteiger partial charge in [0.2, 0.25) is 0 Å². The molecule has 1 saturated carbocycles. The van der Waals surface area contributed by atoms with Crippen molar-refractivity contribution in [1.29, 1.82) is 0 Å². The molecule has 3 rings (SSSR count). The Hall–Kier alpha value is -2.40. The summed E-state index contributed by atoms with van der Waals surface area (Å²) in [6, 6.07) is 6.69. The largest absolute Gasteiger partial charge is 0.481 e. The summed E-state index contributed by atoms with van der Waals surface area (Å²) in [6.07, 6.45) is 19.7. The third-order valence-corrected chi connectivity index (χ3v) is 6.47. The number of rotatable bonds is 14. The molecule has 0 aliphatic heterocycles. The van der Waals surface area contributed by atoms with E-state index in [9.17, 15) is 9.90 Å². The van der Waals surface area contributed by atoms with Gasteiger partial charge in [0.05, 0.1) is 18.3 Å². The van der Waals surface area contributed by atoms with Crippen molar-refractivity contribution in [2.24, 2.45) is 0 Å². The number of aliphatic hydroxyl groups is 1. The van der Waals surface area contributed by atoms with E-state index in [1.165, 1.54) is 51.4 Å². The molecule has 1 aromatic heterocycles. The standard InChI is InChI=1S/C27H38N2O3/c1-2-3-4-5-6-7-8-11-22-18-21(23-19-28-29(20-23)24-12-9-13-24)16-17-25(22)26(30)14-10-15-27(31)32/h8,11,16-20,24,26,30H,2-7,9-10,12-15H2,1H3,(H,31,32)/b11-8+. The highest BCUT2D eigenvalue weighted by molar-refractivity contribution is 5.68. The summed E-state index contributed by atoms with van der Waals surface area (Å²) in [5, 5.41) is 24.2. The molecule has 5 heteroatoms. The summed E-state index contributed by atoms with van der Waals surface area (Å²) >= 11 is 0. The van der Waals surface area contributed by atoms with Crippen molar-refractivity contribution < 1.29 is 15.0 Å². The SMILES string of the molecule is CCCCCCC/C=C/c1cc(-c2cnn(C3CCC3)c2)ccc1C(O)CCCC(=O)O. The topological polar surface area (TPSA) is 75.3 Å². The number of aromatic nitrogens is 2. The molecule has 1 atom stereocenters. The first kappa shape index (κ1) is 24.2. The van der Waals surface area contributed by atoms with Crippen LogP contribution >= 0.6 is 0 Å². The second-order valence-electron chi connectivity index (χ2n) is 9.04. The predicted octanol–water partition coefficient (Wildman–Crippen LogP) is 6.94. The first-order chi connectivity index (χ1) is 15.6. The Kier molecular flexibility index (Phi) is 9.54. The highest BCUT2D eigenvalue weighted by Crippen LogP contribution is 2.33. The molecular formula is C27H38N2O3. The first-order valence-corrected chi connectivity index (χ1v) is 12.3. The molecule has 0 saturated heterocycles. The number of allylic oxidation sites excluding steroid dienone is 1. The maximum Gasteiger partial charge on any atom is 0.303 e. The molecule has 2 aromatic rings. The normalized spacial score (nSPS) is 15.2. The number of hydrogen-bond acceptors (Lipinski definition) is 3. The van der Waals surface area contributed by atoms with Crippen molar-refractivity contribution in [3.05, 3.63) is 47.8 Å². The van der Waals surface area contributed by atoms with Gasteiger partial charge in [-0.05, 0) is 67.7 Å². The fourth-order valence-electron chi connectivity index (χ4n) is 4.22. The van der Waals surface area contributed by atoms with Crippen molar-refractivity contribution in [3.8, 4) is 11.1 Å². The van der Waals surface area contributed by atoms with Crippen LogP contribution in [0.1, 0.15) is 107 Å². The van der Waals surface area contributed by atoms with Gasteiger partial charge in [-0.2, -0.15) is 5.10 Å². The molecule has 174 valence electrons. The highest BCUT2D eigenvalue weighted by atomic mass is 16.4. The first-order valence-electron chi connectivity index (χ1n) is 12.3. The Morgan fingerprint density at radius 2 is 2.00 bits per heavy atom. The number of aliphatic carboxylic acids is 1. The lowest BCUT2D eigenvalue weighted by Gasteiger charge is -2.25. The van der Waals surface area contributed by atoms with Crippen LogP contribution < -0.4 is 0 Å². The summed E-state index contributed by atoms with van der Waals surface area (Å²) in [5.41, 5.74) is 4.07. The van der Waals surface area contributed by atoms with E-state index >= 15 is 0 Å². The lowest BCUT2D eigenvalue weighted by Crippen LogP contribution is -2.16. The molecule has 1 aromatic carbocycles.